The number of ether oxygens (including phenoxy) is 1. The van der Waals surface area contributed by atoms with Gasteiger partial charge in [-0.1, -0.05) is 15.9 Å². The van der Waals surface area contributed by atoms with Crippen LogP contribution in [0.4, 0.5) is 5.69 Å². The van der Waals surface area contributed by atoms with Crippen molar-refractivity contribution in [2.45, 2.75) is 20.0 Å². The molecule has 4 heteroatoms. The van der Waals surface area contributed by atoms with E-state index in [9.17, 15) is 4.79 Å². The number of carbonyl (C=O) groups excluding carboxylic acids is 1. The smallest absolute Gasteiger partial charge is 0.224 e. The summed E-state index contributed by atoms with van der Waals surface area (Å²) in [5.74, 6) is 0.816. The number of nitrogens with zero attached hydrogens (tertiary/aromatic N) is 1. The number of hydrogen-bond donors (Lipinski definition) is 0. The van der Waals surface area contributed by atoms with Crippen LogP contribution in [0.5, 0.6) is 5.75 Å². The highest BCUT2D eigenvalue weighted by molar-refractivity contribution is 9.10. The quantitative estimate of drug-likeness (QED) is 0.725. The van der Waals surface area contributed by atoms with Crippen LogP contribution in [0.25, 0.3) is 0 Å². The second-order valence-corrected chi connectivity index (χ2v) is 4.59. The van der Waals surface area contributed by atoms with Gasteiger partial charge in [0, 0.05) is 11.4 Å². The second-order valence-electron chi connectivity index (χ2n) is 3.67. The summed E-state index contributed by atoms with van der Waals surface area (Å²) in [5.41, 5.74) is 0.843. The molecule has 0 fully saturated rings. The number of anilines is 1. The minimum absolute atomic E-state index is 0.0441. The van der Waals surface area contributed by atoms with Gasteiger partial charge < -0.3 is 9.64 Å². The Morgan fingerprint density at radius 2 is 2.33 bits per heavy atom. The number of rotatable bonds is 0. The van der Waals surface area contributed by atoms with Crippen LogP contribution in [0.15, 0.2) is 22.7 Å². The Kier molecular flexibility index (Phi) is 2.69. The first-order valence-electron chi connectivity index (χ1n) is 4.82. The summed E-state index contributed by atoms with van der Waals surface area (Å²) in [6, 6.07) is 5.70. The van der Waals surface area contributed by atoms with Gasteiger partial charge in [-0.25, -0.2) is 0 Å². The normalized spacial score (nSPS) is 19.4. The molecule has 2 rings (SSSR count). The van der Waals surface area contributed by atoms with E-state index in [0.717, 1.165) is 15.9 Å². The molecular weight excluding hydrogens is 258 g/mol. The summed E-state index contributed by atoms with van der Waals surface area (Å²) in [5, 5.41) is 0. The lowest BCUT2D eigenvalue weighted by Crippen LogP contribution is -2.41. The largest absolute Gasteiger partial charge is 0.487 e. The molecular formula is C11H12BrNO2. The molecule has 0 N–H and O–H groups in total. The SMILES string of the molecule is CC(=O)N1CC(C)Oc2ccc(Br)cc21. The highest BCUT2D eigenvalue weighted by atomic mass is 79.9. The van der Waals surface area contributed by atoms with Gasteiger partial charge in [-0.05, 0) is 25.1 Å². The van der Waals surface area contributed by atoms with Crippen LogP contribution in [0, 0.1) is 0 Å². The van der Waals surface area contributed by atoms with E-state index in [2.05, 4.69) is 15.9 Å². The van der Waals surface area contributed by atoms with Crippen molar-refractivity contribution in [2.75, 3.05) is 11.4 Å². The van der Waals surface area contributed by atoms with Gasteiger partial charge in [0.2, 0.25) is 5.91 Å². The third-order valence-corrected chi connectivity index (χ3v) is 2.85. The van der Waals surface area contributed by atoms with E-state index in [0.29, 0.717) is 6.54 Å². The third-order valence-electron chi connectivity index (χ3n) is 2.36. The number of hydrogen-bond acceptors (Lipinski definition) is 2. The number of halogens is 1. The second kappa shape index (κ2) is 3.85. The summed E-state index contributed by atoms with van der Waals surface area (Å²) in [4.78, 5) is 13.2. The summed E-state index contributed by atoms with van der Waals surface area (Å²) in [6.07, 6.45) is 0.0441. The molecule has 1 aliphatic heterocycles. The molecule has 1 heterocycles. The number of amides is 1. The highest BCUT2D eigenvalue weighted by Crippen LogP contribution is 2.35. The van der Waals surface area contributed by atoms with Crippen molar-refractivity contribution in [1.82, 2.24) is 0 Å². The lowest BCUT2D eigenvalue weighted by Gasteiger charge is -2.32. The van der Waals surface area contributed by atoms with Crippen molar-refractivity contribution < 1.29 is 9.53 Å². The van der Waals surface area contributed by atoms with E-state index in [-0.39, 0.29) is 12.0 Å². The summed E-state index contributed by atoms with van der Waals surface area (Å²) >= 11 is 3.39. The van der Waals surface area contributed by atoms with Gasteiger partial charge >= 0.3 is 0 Å². The van der Waals surface area contributed by atoms with E-state index in [1.54, 1.807) is 11.8 Å². The fourth-order valence-corrected chi connectivity index (χ4v) is 2.06. The molecule has 1 aromatic carbocycles. The number of benzene rings is 1. The molecule has 1 amide bonds. The highest BCUT2D eigenvalue weighted by Gasteiger charge is 2.25. The maximum Gasteiger partial charge on any atom is 0.224 e. The Labute approximate surface area is 97.2 Å². The van der Waals surface area contributed by atoms with E-state index in [4.69, 9.17) is 4.74 Å². The predicted molar refractivity (Wildman–Crippen MR) is 62.3 cm³/mol. The summed E-state index contributed by atoms with van der Waals surface area (Å²) in [6.45, 7) is 4.14. The molecule has 0 radical (unpaired) electrons. The van der Waals surface area contributed by atoms with E-state index in [1.807, 2.05) is 25.1 Å². The standard InChI is InChI=1S/C11H12BrNO2/c1-7-6-13(8(2)14)10-5-9(12)3-4-11(10)15-7/h3-5,7H,6H2,1-2H3. The Morgan fingerprint density at radius 3 is 3.00 bits per heavy atom. The van der Waals surface area contributed by atoms with E-state index in [1.165, 1.54) is 0 Å². The fraction of sp³-hybridized carbons (Fsp3) is 0.364. The van der Waals surface area contributed by atoms with Gasteiger partial charge in [0.25, 0.3) is 0 Å². The first-order chi connectivity index (χ1) is 7.08. The zero-order chi connectivity index (χ0) is 11.0. The van der Waals surface area contributed by atoms with Crippen molar-refractivity contribution in [1.29, 1.82) is 0 Å². The number of fused-ring (bicyclic) bond motifs is 1. The van der Waals surface area contributed by atoms with Crippen LogP contribution < -0.4 is 9.64 Å². The Morgan fingerprint density at radius 1 is 1.60 bits per heavy atom. The van der Waals surface area contributed by atoms with Gasteiger partial charge in [0.05, 0.1) is 12.2 Å². The van der Waals surface area contributed by atoms with E-state index >= 15 is 0 Å². The minimum Gasteiger partial charge on any atom is -0.487 e. The summed E-state index contributed by atoms with van der Waals surface area (Å²) in [7, 11) is 0. The lowest BCUT2D eigenvalue weighted by molar-refractivity contribution is -0.117. The van der Waals surface area contributed by atoms with Crippen LogP contribution in [0.1, 0.15) is 13.8 Å². The maximum absolute atomic E-state index is 11.5. The fourth-order valence-electron chi connectivity index (χ4n) is 1.71. The van der Waals surface area contributed by atoms with Crippen molar-refractivity contribution in [3.8, 4) is 5.75 Å². The molecule has 0 bridgehead atoms. The minimum atomic E-state index is 0.0441. The Balaban J connectivity index is 2.47. The Hall–Kier alpha value is -1.03. The monoisotopic (exact) mass is 269 g/mol. The molecule has 1 atom stereocenters. The molecule has 0 aliphatic carbocycles. The van der Waals surface area contributed by atoms with Crippen molar-refractivity contribution in [3.63, 3.8) is 0 Å². The maximum atomic E-state index is 11.5. The average Bonchev–Trinajstić information content (AvgIpc) is 2.17. The third kappa shape index (κ3) is 2.00. The molecule has 1 aliphatic rings. The molecule has 0 saturated carbocycles. The van der Waals surface area contributed by atoms with Crippen LogP contribution in [0.2, 0.25) is 0 Å². The topological polar surface area (TPSA) is 29.5 Å². The molecule has 80 valence electrons. The van der Waals surface area contributed by atoms with Crippen molar-refractivity contribution in [2.24, 2.45) is 0 Å². The van der Waals surface area contributed by atoms with Gasteiger partial charge in [-0.2, -0.15) is 0 Å². The molecule has 1 aromatic rings. The van der Waals surface area contributed by atoms with Crippen LogP contribution in [0.3, 0.4) is 0 Å². The average molecular weight is 270 g/mol. The number of carbonyl (C=O) groups is 1. The summed E-state index contributed by atoms with van der Waals surface area (Å²) < 4.78 is 6.60. The van der Waals surface area contributed by atoms with Gasteiger partial charge in [0.1, 0.15) is 11.9 Å². The molecule has 0 spiro atoms. The van der Waals surface area contributed by atoms with E-state index < -0.39 is 0 Å². The van der Waals surface area contributed by atoms with Gasteiger partial charge in [-0.15, -0.1) is 0 Å². The Bertz CT molecular complexity index is 406. The van der Waals surface area contributed by atoms with Crippen LogP contribution in [-0.2, 0) is 4.79 Å². The lowest BCUT2D eigenvalue weighted by atomic mass is 10.2. The van der Waals surface area contributed by atoms with Gasteiger partial charge in [-0.3, -0.25) is 4.79 Å². The van der Waals surface area contributed by atoms with Gasteiger partial charge in [0.15, 0.2) is 0 Å². The molecule has 0 aromatic heterocycles. The zero-order valence-electron chi connectivity index (χ0n) is 8.66. The molecule has 3 nitrogen and oxygen atoms in total. The molecule has 0 saturated heterocycles. The first kappa shape index (κ1) is 10.5. The van der Waals surface area contributed by atoms with Crippen LogP contribution >= 0.6 is 15.9 Å². The predicted octanol–water partition coefficient (Wildman–Crippen LogP) is 2.58. The zero-order valence-corrected chi connectivity index (χ0v) is 10.2. The van der Waals surface area contributed by atoms with Crippen molar-refractivity contribution >= 4 is 27.5 Å². The molecule has 1 unspecified atom stereocenters. The molecule has 15 heavy (non-hydrogen) atoms. The van der Waals surface area contributed by atoms with Crippen molar-refractivity contribution in [3.05, 3.63) is 22.7 Å². The van der Waals surface area contributed by atoms with Crippen LogP contribution in [-0.4, -0.2) is 18.6 Å². The first-order valence-corrected chi connectivity index (χ1v) is 5.61.